The van der Waals surface area contributed by atoms with Crippen molar-refractivity contribution >= 4 is 11.9 Å². The van der Waals surface area contributed by atoms with Gasteiger partial charge in [0.15, 0.2) is 0 Å². The topological polar surface area (TPSA) is 52.6 Å². The summed E-state index contributed by atoms with van der Waals surface area (Å²) in [5.74, 6) is -1.29. The molecule has 240 valence electrons. The van der Waals surface area contributed by atoms with Crippen LogP contribution in [0.4, 0.5) is 0 Å². The Morgan fingerprint density at radius 1 is 0.610 bits per heavy atom. The molecule has 0 saturated carbocycles. The first-order valence-electron chi connectivity index (χ1n) is 18.0. The van der Waals surface area contributed by atoms with Gasteiger partial charge in [0.25, 0.3) is 0 Å². The summed E-state index contributed by atoms with van der Waals surface area (Å²) in [5, 5.41) is 0. The molecule has 1 rings (SSSR count). The maximum Gasteiger partial charge on any atom is 0.310 e. The van der Waals surface area contributed by atoms with Crippen molar-refractivity contribution in [3.05, 3.63) is 11.6 Å². The third kappa shape index (κ3) is 19.5. The molecule has 0 aliphatic heterocycles. The molecule has 4 nitrogen and oxygen atoms in total. The standard InChI is InChI=1S/C37H68O4/c1-6-8-10-12-14-16-18-20-22-24-26-32(4)40-36(38)34-29-28-31(3)30-35(34)37(39)41-33(5)27-25-23-21-19-17-15-13-11-9-7-2/h28,32-35H,6-27,29-30H2,1-5H3. The molecule has 0 bridgehead atoms. The number of hydrogen-bond acceptors (Lipinski definition) is 4. The number of rotatable bonds is 26. The van der Waals surface area contributed by atoms with Crippen molar-refractivity contribution in [2.24, 2.45) is 11.8 Å². The quantitative estimate of drug-likeness (QED) is 0.0584. The summed E-state index contributed by atoms with van der Waals surface area (Å²) in [7, 11) is 0. The van der Waals surface area contributed by atoms with Crippen LogP contribution in [0.1, 0.15) is 189 Å². The molecule has 1 aliphatic carbocycles. The molecular weight excluding hydrogens is 508 g/mol. The smallest absolute Gasteiger partial charge is 0.310 e. The molecule has 0 amide bonds. The van der Waals surface area contributed by atoms with Crippen LogP contribution in [0.5, 0.6) is 0 Å². The second-order valence-corrected chi connectivity index (χ2v) is 13.1. The number of hydrogen-bond donors (Lipinski definition) is 0. The summed E-state index contributed by atoms with van der Waals surface area (Å²) in [5.41, 5.74) is 1.16. The number of carbonyl (C=O) groups is 2. The minimum atomic E-state index is -0.425. The van der Waals surface area contributed by atoms with Crippen molar-refractivity contribution in [1.82, 2.24) is 0 Å². The Morgan fingerprint density at radius 2 is 0.951 bits per heavy atom. The molecule has 0 heterocycles. The first-order valence-corrected chi connectivity index (χ1v) is 18.0. The van der Waals surface area contributed by atoms with Gasteiger partial charge in [0.2, 0.25) is 0 Å². The Bertz CT molecular complexity index is 684. The maximum absolute atomic E-state index is 13.2. The van der Waals surface area contributed by atoms with E-state index in [4.69, 9.17) is 9.47 Å². The molecule has 0 saturated heterocycles. The van der Waals surface area contributed by atoms with Gasteiger partial charge in [-0.15, -0.1) is 0 Å². The normalized spacial score (nSPS) is 18.5. The Kier molecular flexibility index (Phi) is 23.2. The summed E-state index contributed by atoms with van der Waals surface area (Å²) >= 11 is 0. The first kappa shape index (κ1) is 37.7. The lowest BCUT2D eigenvalue weighted by Crippen LogP contribution is -2.36. The van der Waals surface area contributed by atoms with Crippen LogP contribution in [0.3, 0.4) is 0 Å². The monoisotopic (exact) mass is 577 g/mol. The van der Waals surface area contributed by atoms with Crippen molar-refractivity contribution in [2.45, 2.75) is 201 Å². The van der Waals surface area contributed by atoms with Gasteiger partial charge in [-0.25, -0.2) is 0 Å². The van der Waals surface area contributed by atoms with Gasteiger partial charge in [0.05, 0.1) is 24.0 Å². The van der Waals surface area contributed by atoms with E-state index in [0.717, 1.165) is 31.3 Å². The Morgan fingerprint density at radius 3 is 1.34 bits per heavy atom. The van der Waals surface area contributed by atoms with E-state index < -0.39 is 11.8 Å². The van der Waals surface area contributed by atoms with Gasteiger partial charge in [0, 0.05) is 0 Å². The first-order chi connectivity index (χ1) is 19.9. The summed E-state index contributed by atoms with van der Waals surface area (Å²) < 4.78 is 11.7. The van der Waals surface area contributed by atoms with E-state index in [1.165, 1.54) is 116 Å². The number of allylic oxidation sites excluding steroid dienone is 2. The molecule has 0 fully saturated rings. The Hall–Kier alpha value is -1.32. The molecule has 0 N–H and O–H groups in total. The van der Waals surface area contributed by atoms with E-state index in [-0.39, 0.29) is 24.1 Å². The predicted octanol–water partition coefficient (Wildman–Crippen LogP) is 11.4. The maximum atomic E-state index is 13.2. The van der Waals surface area contributed by atoms with Gasteiger partial charge in [-0.05, 0) is 59.3 Å². The SMILES string of the molecule is CCCCCCCCCCCCC(C)OC(=O)C1CC=C(C)CC1C(=O)OC(C)CCCCCCCCCCCC. The van der Waals surface area contributed by atoms with Crippen LogP contribution in [-0.4, -0.2) is 24.1 Å². The fourth-order valence-electron chi connectivity index (χ4n) is 6.10. The highest BCUT2D eigenvalue weighted by molar-refractivity contribution is 5.83. The molecule has 4 unspecified atom stereocenters. The zero-order chi connectivity index (χ0) is 30.1. The predicted molar refractivity (Wildman–Crippen MR) is 174 cm³/mol. The molecule has 4 atom stereocenters. The van der Waals surface area contributed by atoms with Crippen molar-refractivity contribution in [2.75, 3.05) is 0 Å². The number of ether oxygens (including phenoxy) is 2. The minimum absolute atomic E-state index is 0.101. The number of carbonyl (C=O) groups excluding carboxylic acids is 2. The van der Waals surface area contributed by atoms with Crippen LogP contribution < -0.4 is 0 Å². The average Bonchev–Trinajstić information content (AvgIpc) is 2.94. The molecule has 0 aromatic carbocycles. The summed E-state index contributed by atoms with van der Waals surface area (Å²) in [6, 6.07) is 0. The zero-order valence-electron chi connectivity index (χ0n) is 28.0. The van der Waals surface area contributed by atoms with Crippen molar-refractivity contribution in [3.8, 4) is 0 Å². The number of esters is 2. The Labute approximate surface area is 255 Å². The molecule has 41 heavy (non-hydrogen) atoms. The highest BCUT2D eigenvalue weighted by atomic mass is 16.6. The molecule has 0 aromatic rings. The van der Waals surface area contributed by atoms with Gasteiger partial charge in [0.1, 0.15) is 0 Å². The fourth-order valence-corrected chi connectivity index (χ4v) is 6.10. The van der Waals surface area contributed by atoms with Gasteiger partial charge in [-0.3, -0.25) is 9.59 Å². The lowest BCUT2D eigenvalue weighted by atomic mass is 9.80. The van der Waals surface area contributed by atoms with Crippen LogP contribution in [-0.2, 0) is 19.1 Å². The van der Waals surface area contributed by atoms with Crippen LogP contribution >= 0.6 is 0 Å². The Balaban J connectivity index is 2.27. The lowest BCUT2D eigenvalue weighted by Gasteiger charge is -2.29. The molecule has 0 spiro atoms. The van der Waals surface area contributed by atoms with Gasteiger partial charge in [-0.2, -0.15) is 0 Å². The van der Waals surface area contributed by atoms with Crippen LogP contribution in [0.25, 0.3) is 0 Å². The highest BCUT2D eigenvalue weighted by Crippen LogP contribution is 2.33. The van der Waals surface area contributed by atoms with E-state index in [1.807, 2.05) is 20.8 Å². The van der Waals surface area contributed by atoms with Crippen LogP contribution in [0.2, 0.25) is 0 Å². The second kappa shape index (κ2) is 25.2. The fraction of sp³-hybridized carbons (Fsp3) is 0.892. The van der Waals surface area contributed by atoms with Crippen molar-refractivity contribution in [1.29, 1.82) is 0 Å². The van der Waals surface area contributed by atoms with Crippen LogP contribution in [0.15, 0.2) is 11.6 Å². The summed E-state index contributed by atoms with van der Waals surface area (Å²) in [6.45, 7) is 10.6. The third-order valence-corrected chi connectivity index (χ3v) is 8.92. The molecule has 4 heteroatoms. The van der Waals surface area contributed by atoms with E-state index in [9.17, 15) is 9.59 Å². The van der Waals surface area contributed by atoms with Crippen molar-refractivity contribution < 1.29 is 19.1 Å². The van der Waals surface area contributed by atoms with Gasteiger partial charge in [-0.1, -0.05) is 141 Å². The summed E-state index contributed by atoms with van der Waals surface area (Å²) in [4.78, 5) is 26.3. The van der Waals surface area contributed by atoms with E-state index in [2.05, 4.69) is 19.9 Å². The molecule has 1 aliphatic rings. The minimum Gasteiger partial charge on any atom is -0.462 e. The average molecular weight is 577 g/mol. The van der Waals surface area contributed by atoms with E-state index in [1.54, 1.807) is 0 Å². The van der Waals surface area contributed by atoms with Crippen LogP contribution in [0, 0.1) is 11.8 Å². The molecular formula is C37H68O4. The number of unbranched alkanes of at least 4 members (excludes halogenated alkanes) is 18. The highest BCUT2D eigenvalue weighted by Gasteiger charge is 2.38. The van der Waals surface area contributed by atoms with Gasteiger partial charge >= 0.3 is 11.9 Å². The third-order valence-electron chi connectivity index (χ3n) is 8.92. The van der Waals surface area contributed by atoms with E-state index >= 15 is 0 Å². The molecule has 0 aromatic heterocycles. The second-order valence-electron chi connectivity index (χ2n) is 13.1. The van der Waals surface area contributed by atoms with E-state index in [0.29, 0.717) is 12.8 Å². The van der Waals surface area contributed by atoms with Crippen molar-refractivity contribution in [3.63, 3.8) is 0 Å². The van der Waals surface area contributed by atoms with Gasteiger partial charge < -0.3 is 9.47 Å². The summed E-state index contributed by atoms with van der Waals surface area (Å²) in [6.07, 6.45) is 30.9. The zero-order valence-corrected chi connectivity index (χ0v) is 28.0. The lowest BCUT2D eigenvalue weighted by molar-refractivity contribution is -0.166. The molecule has 0 radical (unpaired) electrons. The largest absolute Gasteiger partial charge is 0.462 e.